The SMILES string of the molecule is CCc1nnc(Oc2ccc(CO)cc2)c(C#N)c1CC. The van der Waals surface area contributed by atoms with Crippen molar-refractivity contribution in [2.45, 2.75) is 33.3 Å². The topological polar surface area (TPSA) is 79.0 Å². The molecule has 0 amide bonds. The summed E-state index contributed by atoms with van der Waals surface area (Å²) in [6.45, 7) is 3.95. The zero-order valence-electron chi connectivity index (χ0n) is 12.1. The Bertz CT molecular complexity index is 660. The second-order valence-electron chi connectivity index (χ2n) is 4.53. The number of nitrogens with zero attached hydrogens (tertiary/aromatic N) is 3. The molecule has 0 bridgehead atoms. The Morgan fingerprint density at radius 3 is 2.38 bits per heavy atom. The average molecular weight is 283 g/mol. The van der Waals surface area contributed by atoms with Crippen molar-refractivity contribution in [2.24, 2.45) is 0 Å². The van der Waals surface area contributed by atoms with Gasteiger partial charge in [0.15, 0.2) is 0 Å². The van der Waals surface area contributed by atoms with Gasteiger partial charge in [0.1, 0.15) is 17.4 Å². The molecule has 2 rings (SSSR count). The molecule has 0 fully saturated rings. The minimum atomic E-state index is -0.0191. The molecule has 0 saturated heterocycles. The van der Waals surface area contributed by atoms with Crippen LogP contribution in [0.1, 0.15) is 36.2 Å². The molecule has 1 heterocycles. The Kier molecular flexibility index (Phi) is 4.85. The van der Waals surface area contributed by atoms with Gasteiger partial charge in [-0.25, -0.2) is 0 Å². The van der Waals surface area contributed by atoms with E-state index in [1.165, 1.54) is 0 Å². The van der Waals surface area contributed by atoms with Crippen molar-refractivity contribution in [1.29, 1.82) is 5.26 Å². The molecule has 5 heteroatoms. The van der Waals surface area contributed by atoms with Crippen molar-refractivity contribution in [3.05, 3.63) is 46.6 Å². The van der Waals surface area contributed by atoms with E-state index in [-0.39, 0.29) is 12.5 Å². The summed E-state index contributed by atoms with van der Waals surface area (Å²) in [6, 6.07) is 9.14. The molecule has 2 aromatic rings. The largest absolute Gasteiger partial charge is 0.437 e. The lowest BCUT2D eigenvalue weighted by Crippen LogP contribution is -2.05. The molecule has 0 aliphatic heterocycles. The molecule has 0 atom stereocenters. The molecule has 0 aliphatic rings. The first-order valence-electron chi connectivity index (χ1n) is 6.89. The van der Waals surface area contributed by atoms with Gasteiger partial charge in [0.25, 0.3) is 5.88 Å². The quantitative estimate of drug-likeness (QED) is 0.912. The number of aromatic nitrogens is 2. The number of ether oxygens (including phenoxy) is 1. The normalized spacial score (nSPS) is 10.2. The van der Waals surface area contributed by atoms with Gasteiger partial charge in [-0.2, -0.15) is 10.4 Å². The highest BCUT2D eigenvalue weighted by molar-refractivity contribution is 5.47. The van der Waals surface area contributed by atoms with Gasteiger partial charge in [0, 0.05) is 0 Å². The molecule has 0 aliphatic carbocycles. The lowest BCUT2D eigenvalue weighted by atomic mass is 10.0. The summed E-state index contributed by atoms with van der Waals surface area (Å²) in [5.41, 5.74) is 2.95. The zero-order chi connectivity index (χ0) is 15.2. The molecule has 0 radical (unpaired) electrons. The number of hydrogen-bond donors (Lipinski definition) is 1. The van der Waals surface area contributed by atoms with Crippen LogP contribution in [0.25, 0.3) is 0 Å². The lowest BCUT2D eigenvalue weighted by molar-refractivity contribution is 0.281. The van der Waals surface area contributed by atoms with Crippen LogP contribution >= 0.6 is 0 Å². The summed E-state index contributed by atoms with van der Waals surface area (Å²) in [5.74, 6) is 0.785. The van der Waals surface area contributed by atoms with Crippen molar-refractivity contribution in [2.75, 3.05) is 0 Å². The summed E-state index contributed by atoms with van der Waals surface area (Å²) in [5, 5.41) is 26.6. The van der Waals surface area contributed by atoms with Crippen molar-refractivity contribution in [3.8, 4) is 17.7 Å². The maximum atomic E-state index is 9.38. The second kappa shape index (κ2) is 6.82. The average Bonchev–Trinajstić information content (AvgIpc) is 2.54. The third-order valence-electron chi connectivity index (χ3n) is 3.25. The highest BCUT2D eigenvalue weighted by Gasteiger charge is 2.15. The van der Waals surface area contributed by atoms with Crippen LogP contribution in [0, 0.1) is 11.3 Å². The summed E-state index contributed by atoms with van der Waals surface area (Å²) < 4.78 is 5.66. The fourth-order valence-electron chi connectivity index (χ4n) is 2.12. The molecule has 1 N–H and O–H groups in total. The molecule has 5 nitrogen and oxygen atoms in total. The van der Waals surface area contributed by atoms with Crippen LogP contribution < -0.4 is 4.74 Å². The number of aryl methyl sites for hydroxylation is 1. The Labute approximate surface area is 123 Å². The second-order valence-corrected chi connectivity index (χ2v) is 4.53. The standard InChI is InChI=1S/C16H17N3O2/c1-3-13-14(9-17)16(19-18-15(13)4-2)21-12-7-5-11(10-20)6-8-12/h5-8,20H,3-4,10H2,1-2H3. The maximum absolute atomic E-state index is 9.38. The van der Waals surface area contributed by atoms with Gasteiger partial charge in [0.2, 0.25) is 0 Å². The fourth-order valence-corrected chi connectivity index (χ4v) is 2.12. The molecule has 1 aromatic heterocycles. The minimum Gasteiger partial charge on any atom is -0.437 e. The van der Waals surface area contributed by atoms with Crippen LogP contribution in [-0.4, -0.2) is 15.3 Å². The predicted octanol–water partition coefficient (Wildman–Crippen LogP) is 2.76. The molecule has 0 saturated carbocycles. The van der Waals surface area contributed by atoms with Crippen LogP contribution in [0.15, 0.2) is 24.3 Å². The van der Waals surface area contributed by atoms with Crippen LogP contribution in [0.2, 0.25) is 0 Å². The fraction of sp³-hybridized carbons (Fsp3) is 0.312. The van der Waals surface area contributed by atoms with Crippen molar-refractivity contribution in [1.82, 2.24) is 10.2 Å². The van der Waals surface area contributed by atoms with E-state index < -0.39 is 0 Å². The van der Waals surface area contributed by atoms with Crippen LogP contribution in [0.4, 0.5) is 0 Å². The number of benzene rings is 1. The number of nitriles is 1. The van der Waals surface area contributed by atoms with E-state index in [0.29, 0.717) is 17.7 Å². The van der Waals surface area contributed by atoms with Gasteiger partial charge in [-0.15, -0.1) is 5.10 Å². The third kappa shape index (κ3) is 3.18. The molecule has 21 heavy (non-hydrogen) atoms. The molecule has 0 spiro atoms. The van der Waals surface area contributed by atoms with Gasteiger partial charge in [-0.05, 0) is 36.1 Å². The van der Waals surface area contributed by atoms with Gasteiger partial charge in [-0.1, -0.05) is 26.0 Å². The molecular weight excluding hydrogens is 266 g/mol. The van der Waals surface area contributed by atoms with E-state index in [1.807, 2.05) is 13.8 Å². The molecule has 0 unspecified atom stereocenters. The Hall–Kier alpha value is -2.45. The number of hydrogen-bond acceptors (Lipinski definition) is 5. The molecule has 1 aromatic carbocycles. The Morgan fingerprint density at radius 2 is 1.86 bits per heavy atom. The van der Waals surface area contributed by atoms with Crippen molar-refractivity contribution < 1.29 is 9.84 Å². The Morgan fingerprint density at radius 1 is 1.14 bits per heavy atom. The highest BCUT2D eigenvalue weighted by Crippen LogP contribution is 2.26. The summed E-state index contributed by atoms with van der Waals surface area (Å²) in [6.07, 6.45) is 1.44. The third-order valence-corrected chi connectivity index (χ3v) is 3.25. The monoisotopic (exact) mass is 283 g/mol. The number of aliphatic hydroxyl groups is 1. The Balaban J connectivity index is 2.37. The van der Waals surface area contributed by atoms with Gasteiger partial charge < -0.3 is 9.84 Å². The van der Waals surface area contributed by atoms with Gasteiger partial charge >= 0.3 is 0 Å². The first kappa shape index (κ1) is 14.9. The smallest absolute Gasteiger partial charge is 0.257 e. The van der Waals surface area contributed by atoms with Crippen LogP contribution in [0.5, 0.6) is 11.6 Å². The van der Waals surface area contributed by atoms with E-state index in [1.54, 1.807) is 24.3 Å². The zero-order valence-corrected chi connectivity index (χ0v) is 12.1. The predicted molar refractivity (Wildman–Crippen MR) is 77.9 cm³/mol. The molecule has 108 valence electrons. The number of rotatable bonds is 5. The van der Waals surface area contributed by atoms with E-state index >= 15 is 0 Å². The minimum absolute atomic E-state index is 0.0191. The highest BCUT2D eigenvalue weighted by atomic mass is 16.5. The molecular formula is C16H17N3O2. The first-order chi connectivity index (χ1) is 10.2. The van der Waals surface area contributed by atoms with Crippen molar-refractivity contribution in [3.63, 3.8) is 0 Å². The summed E-state index contributed by atoms with van der Waals surface area (Å²) >= 11 is 0. The summed E-state index contributed by atoms with van der Waals surface area (Å²) in [4.78, 5) is 0. The first-order valence-corrected chi connectivity index (χ1v) is 6.89. The lowest BCUT2D eigenvalue weighted by Gasteiger charge is -2.11. The van der Waals surface area contributed by atoms with E-state index in [0.717, 1.165) is 23.2 Å². The summed E-state index contributed by atoms with van der Waals surface area (Å²) in [7, 11) is 0. The van der Waals surface area contributed by atoms with Gasteiger partial charge in [0.05, 0.1) is 12.3 Å². The van der Waals surface area contributed by atoms with E-state index in [4.69, 9.17) is 9.84 Å². The van der Waals surface area contributed by atoms with Crippen molar-refractivity contribution >= 4 is 0 Å². The maximum Gasteiger partial charge on any atom is 0.257 e. The van der Waals surface area contributed by atoms with Crippen LogP contribution in [-0.2, 0) is 19.4 Å². The van der Waals surface area contributed by atoms with Crippen LogP contribution in [0.3, 0.4) is 0 Å². The van der Waals surface area contributed by atoms with Gasteiger partial charge in [-0.3, -0.25) is 0 Å². The van der Waals surface area contributed by atoms with E-state index in [2.05, 4.69) is 16.3 Å². The van der Waals surface area contributed by atoms with E-state index in [9.17, 15) is 5.26 Å². The number of aliphatic hydroxyl groups excluding tert-OH is 1.